The number of rotatable bonds is 4. The van der Waals surface area contributed by atoms with Gasteiger partial charge in [0.15, 0.2) is 0 Å². The van der Waals surface area contributed by atoms with E-state index in [2.05, 4.69) is 0 Å². The highest BCUT2D eigenvalue weighted by atomic mass is 35.5. The molecule has 0 saturated heterocycles. The summed E-state index contributed by atoms with van der Waals surface area (Å²) in [4.78, 5) is 0. The van der Waals surface area contributed by atoms with Crippen molar-refractivity contribution in [2.24, 2.45) is 5.92 Å². The van der Waals surface area contributed by atoms with Crippen molar-refractivity contribution in [3.05, 3.63) is 11.6 Å². The summed E-state index contributed by atoms with van der Waals surface area (Å²) in [6.45, 7) is 0. The lowest BCUT2D eigenvalue weighted by Gasteiger charge is -2.16. The van der Waals surface area contributed by atoms with E-state index in [-0.39, 0.29) is 6.10 Å². The van der Waals surface area contributed by atoms with Gasteiger partial charge in [-0.25, -0.2) is 0 Å². The number of allylic oxidation sites excluding steroid dienone is 1. The number of aliphatic hydroxyl groups is 1. The molecular weight excluding hydrogens is 172 g/mol. The Bertz CT molecular complexity index is 139. The molecule has 2 heteroatoms. The quantitative estimate of drug-likeness (QED) is 0.719. The Balaban J connectivity index is 2.13. The van der Waals surface area contributed by atoms with Crippen LogP contribution in [0.1, 0.15) is 38.5 Å². The topological polar surface area (TPSA) is 20.2 Å². The standard InChI is InChI=1S/C10H17ClO/c11-8-4-3-7-10(12)9-5-1-2-6-9/h4,8-10,12H,1-3,5-7H2/b8-4+. The van der Waals surface area contributed by atoms with Crippen LogP contribution in [0.4, 0.5) is 0 Å². The molecule has 1 nitrogen and oxygen atoms in total. The van der Waals surface area contributed by atoms with Crippen LogP contribution in [-0.2, 0) is 0 Å². The first-order valence-electron chi connectivity index (χ1n) is 4.78. The van der Waals surface area contributed by atoms with E-state index in [0.717, 1.165) is 12.8 Å². The average Bonchev–Trinajstić information content (AvgIpc) is 2.56. The van der Waals surface area contributed by atoms with E-state index < -0.39 is 0 Å². The molecule has 0 radical (unpaired) electrons. The first-order chi connectivity index (χ1) is 5.84. The first kappa shape index (κ1) is 10.1. The largest absolute Gasteiger partial charge is 0.393 e. The molecule has 1 saturated carbocycles. The van der Waals surface area contributed by atoms with Crippen LogP contribution >= 0.6 is 11.6 Å². The molecule has 1 N–H and O–H groups in total. The van der Waals surface area contributed by atoms with Crippen molar-refractivity contribution in [3.63, 3.8) is 0 Å². The van der Waals surface area contributed by atoms with Gasteiger partial charge in [-0.05, 0) is 31.6 Å². The molecule has 0 spiro atoms. The fraction of sp³-hybridized carbons (Fsp3) is 0.800. The third-order valence-electron chi connectivity index (χ3n) is 2.66. The van der Waals surface area contributed by atoms with Gasteiger partial charge in [0.25, 0.3) is 0 Å². The van der Waals surface area contributed by atoms with Crippen LogP contribution < -0.4 is 0 Å². The Morgan fingerprint density at radius 3 is 2.67 bits per heavy atom. The molecule has 70 valence electrons. The second-order valence-corrected chi connectivity index (χ2v) is 3.80. The van der Waals surface area contributed by atoms with Gasteiger partial charge in [-0.15, -0.1) is 0 Å². The van der Waals surface area contributed by atoms with E-state index in [0.29, 0.717) is 5.92 Å². The van der Waals surface area contributed by atoms with Crippen molar-refractivity contribution in [2.75, 3.05) is 0 Å². The molecule has 0 bridgehead atoms. The van der Waals surface area contributed by atoms with E-state index in [1.54, 1.807) is 0 Å². The maximum atomic E-state index is 9.70. The molecule has 0 aromatic heterocycles. The van der Waals surface area contributed by atoms with Gasteiger partial charge in [0.05, 0.1) is 6.10 Å². The minimum atomic E-state index is -0.0969. The summed E-state index contributed by atoms with van der Waals surface area (Å²) < 4.78 is 0. The number of aliphatic hydroxyl groups excluding tert-OH is 1. The molecular formula is C10H17ClO. The molecule has 0 aromatic carbocycles. The summed E-state index contributed by atoms with van der Waals surface area (Å²) in [7, 11) is 0. The lowest BCUT2D eigenvalue weighted by Crippen LogP contribution is -2.16. The fourth-order valence-electron chi connectivity index (χ4n) is 1.91. The Kier molecular flexibility index (Phi) is 4.70. The third-order valence-corrected chi connectivity index (χ3v) is 2.84. The highest BCUT2D eigenvalue weighted by Gasteiger charge is 2.21. The Morgan fingerprint density at radius 1 is 1.42 bits per heavy atom. The number of halogens is 1. The van der Waals surface area contributed by atoms with Crippen LogP contribution in [0.3, 0.4) is 0 Å². The lowest BCUT2D eigenvalue weighted by molar-refractivity contribution is 0.103. The molecule has 0 aromatic rings. The zero-order valence-corrected chi connectivity index (χ0v) is 8.13. The fourth-order valence-corrected chi connectivity index (χ4v) is 2.03. The highest BCUT2D eigenvalue weighted by Crippen LogP contribution is 2.29. The van der Waals surface area contributed by atoms with E-state index in [1.165, 1.54) is 31.2 Å². The molecule has 1 fully saturated rings. The number of hydrogen-bond donors (Lipinski definition) is 1. The maximum absolute atomic E-state index is 9.70. The van der Waals surface area contributed by atoms with E-state index in [1.807, 2.05) is 6.08 Å². The normalized spacial score (nSPS) is 22.2. The van der Waals surface area contributed by atoms with Crippen molar-refractivity contribution in [1.82, 2.24) is 0 Å². The molecule has 1 aliphatic carbocycles. The van der Waals surface area contributed by atoms with Crippen molar-refractivity contribution < 1.29 is 5.11 Å². The minimum Gasteiger partial charge on any atom is -0.393 e. The third kappa shape index (κ3) is 3.16. The van der Waals surface area contributed by atoms with Gasteiger partial charge in [-0.1, -0.05) is 30.5 Å². The second kappa shape index (κ2) is 5.60. The van der Waals surface area contributed by atoms with Crippen molar-refractivity contribution in [3.8, 4) is 0 Å². The summed E-state index contributed by atoms with van der Waals surface area (Å²) in [5, 5.41) is 9.70. The van der Waals surface area contributed by atoms with Crippen LogP contribution in [0, 0.1) is 5.92 Å². The summed E-state index contributed by atoms with van der Waals surface area (Å²) >= 11 is 5.38. The lowest BCUT2D eigenvalue weighted by atomic mass is 9.97. The van der Waals surface area contributed by atoms with Crippen LogP contribution in [0.25, 0.3) is 0 Å². The van der Waals surface area contributed by atoms with E-state index >= 15 is 0 Å². The molecule has 0 aliphatic heterocycles. The summed E-state index contributed by atoms with van der Waals surface area (Å²) in [5.41, 5.74) is 1.53. The Morgan fingerprint density at radius 2 is 2.08 bits per heavy atom. The van der Waals surface area contributed by atoms with Gasteiger partial charge in [-0.2, -0.15) is 0 Å². The molecule has 1 aliphatic rings. The maximum Gasteiger partial charge on any atom is 0.0571 e. The molecule has 1 atom stereocenters. The molecule has 12 heavy (non-hydrogen) atoms. The molecule has 0 heterocycles. The first-order valence-corrected chi connectivity index (χ1v) is 5.21. The van der Waals surface area contributed by atoms with Gasteiger partial charge in [0.1, 0.15) is 0 Å². The van der Waals surface area contributed by atoms with Gasteiger partial charge in [0.2, 0.25) is 0 Å². The van der Waals surface area contributed by atoms with Gasteiger partial charge < -0.3 is 5.11 Å². The van der Waals surface area contributed by atoms with Crippen LogP contribution in [0.15, 0.2) is 11.6 Å². The summed E-state index contributed by atoms with van der Waals surface area (Å²) in [6.07, 6.45) is 8.60. The van der Waals surface area contributed by atoms with Crippen molar-refractivity contribution in [1.29, 1.82) is 0 Å². The molecule has 1 rings (SSSR count). The SMILES string of the molecule is OC(CC/C=C/Cl)C1CCCC1. The van der Waals surface area contributed by atoms with Gasteiger partial charge in [0, 0.05) is 5.54 Å². The van der Waals surface area contributed by atoms with Crippen LogP contribution in [0.2, 0.25) is 0 Å². The van der Waals surface area contributed by atoms with Crippen molar-refractivity contribution >= 4 is 11.6 Å². The summed E-state index contributed by atoms with van der Waals surface area (Å²) in [6, 6.07) is 0. The Hall–Kier alpha value is -0.0100. The summed E-state index contributed by atoms with van der Waals surface area (Å²) in [5.74, 6) is 0.564. The van der Waals surface area contributed by atoms with Crippen LogP contribution in [0.5, 0.6) is 0 Å². The minimum absolute atomic E-state index is 0.0969. The molecule has 0 amide bonds. The van der Waals surface area contributed by atoms with Crippen molar-refractivity contribution in [2.45, 2.75) is 44.6 Å². The zero-order chi connectivity index (χ0) is 8.81. The monoisotopic (exact) mass is 188 g/mol. The van der Waals surface area contributed by atoms with Gasteiger partial charge in [-0.3, -0.25) is 0 Å². The number of hydrogen-bond acceptors (Lipinski definition) is 1. The van der Waals surface area contributed by atoms with E-state index in [9.17, 15) is 5.11 Å². The predicted octanol–water partition coefficient (Wildman–Crippen LogP) is 3.07. The zero-order valence-electron chi connectivity index (χ0n) is 7.38. The average molecular weight is 189 g/mol. The smallest absolute Gasteiger partial charge is 0.0571 e. The highest BCUT2D eigenvalue weighted by molar-refractivity contribution is 6.25. The van der Waals surface area contributed by atoms with Gasteiger partial charge >= 0.3 is 0 Å². The Labute approximate surface area is 79.4 Å². The van der Waals surface area contributed by atoms with E-state index in [4.69, 9.17) is 11.6 Å². The predicted molar refractivity (Wildman–Crippen MR) is 52.2 cm³/mol. The second-order valence-electron chi connectivity index (χ2n) is 3.55. The van der Waals surface area contributed by atoms with Crippen LogP contribution in [-0.4, -0.2) is 11.2 Å². The molecule has 1 unspecified atom stereocenters.